The first-order chi connectivity index (χ1) is 69.2. The van der Waals surface area contributed by atoms with Gasteiger partial charge in [0.15, 0.2) is 30.4 Å². The zero-order valence-electron chi connectivity index (χ0n) is 90.3. The summed E-state index contributed by atoms with van der Waals surface area (Å²) in [5.41, 5.74) is 12.3. The van der Waals surface area contributed by atoms with Gasteiger partial charge >= 0.3 is 16.5 Å². The van der Waals surface area contributed by atoms with Crippen molar-refractivity contribution in [3.63, 3.8) is 0 Å². The van der Waals surface area contributed by atoms with Gasteiger partial charge in [-0.2, -0.15) is 39.5 Å². The SMILES string of the molecule is C1CC2CCCC(C1)P2CCP1C2CCCC1CCC2.C1CC2CCCC(C1)P2CCP1C2CCCC1CCC2.C1CC2CCCC(C1)P2CCP1C2CCCC1CCC2.C1CC2CCCC(C1)P2CCP1C2CCCC1CCC2.C1CC2CCCC(C1)P2CCP1C2CCCC1CCC2.C1CC2CCCC(C1)P2CCP1C2CCCC1CCC2.O=S(=O)([O-])C(F)(F)F.O=S(=O)([O-])C(F)(F)F.O=S(=O)([O-])C(F)(F)F.[Pd].[Pd].[Pd].[Pd].[Pd].[Pd]. The van der Waals surface area contributed by atoms with Crippen LogP contribution >= 0.6 is 95.1 Å². The zero-order valence-corrected chi connectivity index (χ0v) is 113. The molecule has 24 aliphatic heterocycles. The molecule has 24 fully saturated rings. The molecule has 0 unspecified atom stereocenters. The van der Waals surface area contributed by atoms with E-state index in [1.54, 1.807) is 536 Å². The van der Waals surface area contributed by atoms with Crippen molar-refractivity contribution in [3.05, 3.63) is 0 Å². The summed E-state index contributed by atoms with van der Waals surface area (Å²) in [5, 5.41) is 0. The van der Waals surface area contributed by atoms with Gasteiger partial charge in [-0.25, -0.2) is 25.3 Å². The molecule has 0 N–H and O–H groups in total. The zero-order chi connectivity index (χ0) is 101. The van der Waals surface area contributed by atoms with Gasteiger partial charge in [0.2, 0.25) is 0 Å². The van der Waals surface area contributed by atoms with Gasteiger partial charge in [0.1, 0.15) is 0 Å². The molecule has 24 aliphatic rings. The van der Waals surface area contributed by atoms with E-state index in [0.717, 1.165) is 0 Å². The molecule has 0 aromatic heterocycles. The molecule has 24 saturated heterocycles. The predicted molar refractivity (Wildman–Crippen MR) is 612 cm³/mol. The number of halogens is 9. The van der Waals surface area contributed by atoms with E-state index in [1.807, 2.05) is 0 Å². The molecule has 24 rings (SSSR count). The summed E-state index contributed by atoms with van der Waals surface area (Å²) < 4.78 is 177. The third-order valence-electron chi connectivity index (χ3n) is 41.6. The molecule has 9 nitrogen and oxygen atoms in total. The fourth-order valence-electron chi connectivity index (χ4n) is 34.9. The summed E-state index contributed by atoms with van der Waals surface area (Å²) in [5.74, 6) is 0. The van der Waals surface area contributed by atoms with Crippen molar-refractivity contribution in [1.82, 2.24) is 0 Å². The van der Waals surface area contributed by atoms with Crippen molar-refractivity contribution in [2.24, 2.45) is 0 Å². The van der Waals surface area contributed by atoms with Crippen molar-refractivity contribution < 1.29 is 201 Å². The van der Waals surface area contributed by atoms with Crippen molar-refractivity contribution >= 4 is 125 Å². The monoisotopic (exact) mass is 2940 g/mol. The normalized spacial score (nSPS) is 40.6. The van der Waals surface area contributed by atoms with Gasteiger partial charge in [0.25, 0.3) is 0 Å². The first-order valence-corrected chi connectivity index (χ1v) is 84.6. The van der Waals surface area contributed by atoms with Crippen LogP contribution in [-0.4, -0.2) is 265 Å². The molecule has 39 heteroatoms. The minimum Gasteiger partial charge on any atom is -0.741 e. The van der Waals surface area contributed by atoms with Crippen LogP contribution in [0, 0.1) is 0 Å². The Bertz CT molecular complexity index is 3130. The average molecular weight is 2950 g/mol. The summed E-state index contributed by atoms with van der Waals surface area (Å²) >= 11 is 0. The molecule has 0 amide bonds. The molecule has 0 radical (unpaired) electrons. The molecule has 0 aliphatic carbocycles. The van der Waals surface area contributed by atoms with E-state index in [9.17, 15) is 39.5 Å². The Kier molecular flexibility index (Phi) is 64.1. The van der Waals surface area contributed by atoms with Crippen LogP contribution in [0.15, 0.2) is 0 Å². The number of fused-ring (bicyclic) bond motifs is 24. The minimum atomic E-state index is -6.09. The van der Waals surface area contributed by atoms with Gasteiger partial charge in [-0.05, 0) is 518 Å². The molecule has 24 heterocycles. The van der Waals surface area contributed by atoms with Gasteiger partial charge < -0.3 is 13.7 Å². The smallest absolute Gasteiger partial charge is 0.485 e. The van der Waals surface area contributed by atoms with E-state index >= 15 is 0 Å². The van der Waals surface area contributed by atoms with Gasteiger partial charge in [-0.15, -0.1) is 0 Å². The summed E-state index contributed by atoms with van der Waals surface area (Å²) in [6, 6.07) is 0. The summed E-state index contributed by atoms with van der Waals surface area (Å²) in [7, 11) is -12.7. The van der Waals surface area contributed by atoms with Crippen LogP contribution < -0.4 is 0 Å². The van der Waals surface area contributed by atoms with Crippen molar-refractivity contribution in [2.75, 3.05) is 73.9 Å². The third kappa shape index (κ3) is 40.4. The fourth-order valence-corrected chi connectivity index (χ4v) is 86.6. The molecule has 0 saturated carbocycles. The standard InChI is InChI=1S/6C18H32P2.3CHF3O3S.6Pd/c6*1-5-15-7-2-8-16(6-1)19(15)13-14-20-17-9-3-10-18(20)12-4-11-17;3*2-1(3,4)8(5,6)7;;;;;;/h6*15-18H,1-14H2;3*(H,5,6,7);;;;;;/p-3. The van der Waals surface area contributed by atoms with Gasteiger partial charge in [0, 0.05) is 123 Å². The van der Waals surface area contributed by atoms with E-state index in [-0.39, 0.29) is 123 Å². The molecule has 0 aromatic carbocycles. The summed E-state index contributed by atoms with van der Waals surface area (Å²) in [6.45, 7) is 0. The van der Waals surface area contributed by atoms with E-state index < -0.39 is 46.9 Å². The van der Waals surface area contributed by atoms with E-state index in [4.69, 9.17) is 38.9 Å². The molecular weight excluding hydrogens is 2750 g/mol. The second kappa shape index (κ2) is 68.8. The Morgan fingerprint density at radius 1 is 0.133 bits per heavy atom. The predicted octanol–water partition coefficient (Wildman–Crippen LogP) is 37.1. The Hall–Kier alpha value is 8.23. The molecule has 0 aromatic rings. The average Bonchev–Trinajstić information content (AvgIpc) is 0.810. The van der Waals surface area contributed by atoms with Crippen molar-refractivity contribution in [3.8, 4) is 0 Å². The topological polar surface area (TPSA) is 172 Å². The molecule has 894 valence electrons. The summed E-state index contributed by atoms with van der Waals surface area (Å²) in [6.07, 6.45) is 136. The fraction of sp³-hybridized carbons (Fsp3) is 1.00. The molecule has 150 heavy (non-hydrogen) atoms. The van der Waals surface area contributed by atoms with E-state index in [0.29, 0.717) is 95.1 Å². The van der Waals surface area contributed by atoms with E-state index in [2.05, 4.69) is 0 Å². The van der Waals surface area contributed by atoms with Crippen LogP contribution in [0.2, 0.25) is 0 Å². The van der Waals surface area contributed by atoms with Gasteiger partial charge in [-0.1, -0.05) is 249 Å². The molecule has 0 spiro atoms. The van der Waals surface area contributed by atoms with Crippen LogP contribution in [0.25, 0.3) is 0 Å². The largest absolute Gasteiger partial charge is 0.741 e. The third-order valence-corrected chi connectivity index (χ3v) is 89.2. The van der Waals surface area contributed by atoms with Crippen molar-refractivity contribution in [1.29, 1.82) is 0 Å². The van der Waals surface area contributed by atoms with Crippen LogP contribution in [-0.2, 0) is 153 Å². The number of hydrogen-bond acceptors (Lipinski definition) is 9. The molecule has 24 bridgehead atoms. The van der Waals surface area contributed by atoms with Gasteiger partial charge in [0.05, 0.1) is 0 Å². The number of hydrogen-bond donors (Lipinski definition) is 0. The maximum Gasteiger partial charge on any atom is 0.485 e. The maximum absolute atomic E-state index is 10.7. The Balaban J connectivity index is 0.000000175. The van der Waals surface area contributed by atoms with Crippen molar-refractivity contribution in [2.45, 2.75) is 615 Å². The maximum atomic E-state index is 10.7. The molecule has 0 atom stereocenters. The number of alkyl halides is 9. The molecular formula is C111H192F9O9P12Pd6S3-3. The Labute approximate surface area is 1000 Å². The minimum absolute atomic E-state index is 0. The van der Waals surface area contributed by atoms with Gasteiger partial charge in [-0.3, -0.25) is 0 Å². The van der Waals surface area contributed by atoms with E-state index in [1.165, 1.54) is 136 Å². The summed E-state index contributed by atoms with van der Waals surface area (Å²) in [4.78, 5) is 0. The van der Waals surface area contributed by atoms with Crippen LogP contribution in [0.5, 0.6) is 0 Å². The second-order valence-electron chi connectivity index (χ2n) is 49.6. The van der Waals surface area contributed by atoms with Crippen LogP contribution in [0.3, 0.4) is 0 Å². The Morgan fingerprint density at radius 3 is 0.207 bits per heavy atom. The number of rotatable bonds is 18. The quantitative estimate of drug-likeness (QED) is 0.0426. The second-order valence-corrected chi connectivity index (χ2v) is 88.9. The van der Waals surface area contributed by atoms with Crippen LogP contribution in [0.1, 0.15) is 462 Å². The first-order valence-electron chi connectivity index (χ1n) is 60.4. The Morgan fingerprint density at radius 2 is 0.173 bits per heavy atom. The van der Waals surface area contributed by atoms with Crippen LogP contribution in [0.4, 0.5) is 39.5 Å². The first kappa shape index (κ1) is 140.